The quantitative estimate of drug-likeness (QED) is 0.0946. The number of ether oxygens (including phenoxy) is 3. The second kappa shape index (κ2) is 16.5. The van der Waals surface area contributed by atoms with Crippen molar-refractivity contribution in [1.29, 1.82) is 0 Å². The van der Waals surface area contributed by atoms with E-state index in [4.69, 9.17) is 14.2 Å². The van der Waals surface area contributed by atoms with Gasteiger partial charge in [0.05, 0.1) is 43.9 Å². The Kier molecular flexibility index (Phi) is 12.3. The van der Waals surface area contributed by atoms with E-state index in [0.717, 1.165) is 47.6 Å². The number of methoxy groups -OCH3 is 1. The van der Waals surface area contributed by atoms with Gasteiger partial charge in [0, 0.05) is 43.6 Å². The van der Waals surface area contributed by atoms with Gasteiger partial charge >= 0.3 is 0 Å². The Morgan fingerprint density at radius 1 is 1.09 bits per heavy atom. The minimum Gasteiger partial charge on any atom is -0.507 e. The van der Waals surface area contributed by atoms with Crippen LogP contribution in [0.3, 0.4) is 0 Å². The lowest BCUT2D eigenvalue weighted by Gasteiger charge is -2.24. The summed E-state index contributed by atoms with van der Waals surface area (Å²) in [5, 5.41) is 14.9. The third-order valence-electron chi connectivity index (χ3n) is 7.89. The number of carbonyl (C=O) groups is 3. The number of hydrogen-bond acceptors (Lipinski definition) is 7. The molecule has 0 bridgehead atoms. The first-order valence-corrected chi connectivity index (χ1v) is 15.5. The number of rotatable bonds is 18. The molecule has 1 heterocycles. The van der Waals surface area contributed by atoms with Crippen LogP contribution in [0, 0.1) is 0 Å². The molecule has 0 saturated heterocycles. The molecule has 2 N–H and O–H groups in total. The van der Waals surface area contributed by atoms with E-state index in [-0.39, 0.29) is 36.2 Å². The standard InChI is InChI=1S/C34H42BN3O7/c1-3-17-44-19-16-37(14-7-6-13-35)34(42)27-20-31(43-2)32(21-28(27)36-23-39)45-18-8-11-33(41)38-15-12-25-24-9-4-5-10-26(24)30(40)22-29(25)38/h3-5,9-10,20-23,40H,1,6-8,11-19,35H2,2H3,(H,36,39). The molecule has 0 radical (unpaired) electrons. The summed E-state index contributed by atoms with van der Waals surface area (Å²) in [5.74, 6) is 0.543. The van der Waals surface area contributed by atoms with Crippen molar-refractivity contribution in [2.45, 2.75) is 38.4 Å². The number of nitrogens with one attached hydrogen (secondary N) is 1. The number of aromatic hydroxyl groups is 1. The van der Waals surface area contributed by atoms with Gasteiger partial charge in [0.15, 0.2) is 11.5 Å². The molecule has 11 heteroatoms. The Hall–Kier alpha value is -4.51. The lowest BCUT2D eigenvalue weighted by molar-refractivity contribution is -0.118. The number of phenolic OH excluding ortho intramolecular Hbond substituents is 1. The maximum atomic E-state index is 13.7. The third-order valence-corrected chi connectivity index (χ3v) is 7.89. The summed E-state index contributed by atoms with van der Waals surface area (Å²) in [6.45, 7) is 6.12. The van der Waals surface area contributed by atoms with Crippen LogP contribution >= 0.6 is 0 Å². The molecule has 1 aliphatic heterocycles. The Morgan fingerprint density at radius 3 is 2.62 bits per heavy atom. The Morgan fingerprint density at radius 2 is 1.89 bits per heavy atom. The molecule has 10 nitrogen and oxygen atoms in total. The average Bonchev–Trinajstić information content (AvgIpc) is 3.48. The van der Waals surface area contributed by atoms with Crippen molar-refractivity contribution in [3.63, 3.8) is 0 Å². The average molecular weight is 616 g/mol. The summed E-state index contributed by atoms with van der Waals surface area (Å²) in [5.41, 5.74) is 2.40. The Balaban J connectivity index is 1.42. The highest BCUT2D eigenvalue weighted by Crippen LogP contribution is 2.40. The second-order valence-corrected chi connectivity index (χ2v) is 10.9. The third kappa shape index (κ3) is 8.16. The van der Waals surface area contributed by atoms with E-state index < -0.39 is 0 Å². The van der Waals surface area contributed by atoms with Gasteiger partial charge in [-0.25, -0.2) is 0 Å². The number of unbranched alkanes of at least 4 members (excludes halogenated alkanes) is 1. The van der Waals surface area contributed by atoms with Gasteiger partial charge in [-0.15, -0.1) is 6.58 Å². The first-order valence-electron chi connectivity index (χ1n) is 15.5. The molecule has 3 aromatic rings. The van der Waals surface area contributed by atoms with Crippen molar-refractivity contribution in [1.82, 2.24) is 4.90 Å². The highest BCUT2D eigenvalue weighted by molar-refractivity contribution is 6.08. The minimum absolute atomic E-state index is 0.0523. The number of benzene rings is 3. The minimum atomic E-state index is -0.252. The van der Waals surface area contributed by atoms with Gasteiger partial charge in [0.1, 0.15) is 13.6 Å². The molecular formula is C34H42BN3O7. The topological polar surface area (TPSA) is 118 Å². The van der Waals surface area contributed by atoms with Crippen LogP contribution < -0.4 is 19.7 Å². The molecule has 0 unspecified atom stereocenters. The van der Waals surface area contributed by atoms with E-state index in [1.54, 1.807) is 34.1 Å². The van der Waals surface area contributed by atoms with Crippen LogP contribution in [0.1, 0.15) is 41.6 Å². The van der Waals surface area contributed by atoms with Crippen molar-refractivity contribution in [2.24, 2.45) is 0 Å². The molecule has 1 aliphatic rings. The van der Waals surface area contributed by atoms with Crippen LogP contribution in [0.5, 0.6) is 17.2 Å². The van der Waals surface area contributed by atoms with Crippen LogP contribution in [-0.2, 0) is 20.7 Å². The summed E-state index contributed by atoms with van der Waals surface area (Å²) in [7, 11) is 3.59. The number of fused-ring (bicyclic) bond motifs is 3. The Bertz CT molecular complexity index is 1510. The SMILES string of the molecule is BCCCCN(CCOCC=C)C(=O)c1cc(OC)c(OCCCC(=O)N2CCc3c2cc(O)c2ccccc32)cc1NC=O. The largest absolute Gasteiger partial charge is 0.507 e. The molecule has 4 rings (SSSR count). The lowest BCUT2D eigenvalue weighted by atomic mass is 10.0. The number of carbonyl (C=O) groups excluding carboxylic acids is 3. The van der Waals surface area contributed by atoms with Crippen molar-refractivity contribution in [3.05, 3.63) is 66.2 Å². The molecule has 0 aromatic heterocycles. The van der Waals surface area contributed by atoms with Gasteiger partial charge in [-0.3, -0.25) is 14.4 Å². The molecule has 45 heavy (non-hydrogen) atoms. The maximum absolute atomic E-state index is 13.7. The van der Waals surface area contributed by atoms with Crippen molar-refractivity contribution < 1.29 is 33.7 Å². The van der Waals surface area contributed by atoms with E-state index in [9.17, 15) is 19.5 Å². The summed E-state index contributed by atoms with van der Waals surface area (Å²) < 4.78 is 17.1. The first kappa shape index (κ1) is 33.4. The van der Waals surface area contributed by atoms with Crippen LogP contribution in [0.15, 0.2) is 55.1 Å². The van der Waals surface area contributed by atoms with Gasteiger partial charge in [-0.2, -0.15) is 0 Å². The molecule has 238 valence electrons. The number of anilines is 2. The number of amides is 3. The van der Waals surface area contributed by atoms with Crippen LogP contribution in [-0.4, -0.2) is 82.6 Å². The first-order chi connectivity index (χ1) is 21.9. The summed E-state index contributed by atoms with van der Waals surface area (Å²) in [6, 6.07) is 12.5. The van der Waals surface area contributed by atoms with Gasteiger partial charge in [0.25, 0.3) is 5.91 Å². The van der Waals surface area contributed by atoms with Crippen LogP contribution in [0.4, 0.5) is 11.4 Å². The van der Waals surface area contributed by atoms with E-state index >= 15 is 0 Å². The van der Waals surface area contributed by atoms with Gasteiger partial charge in [0.2, 0.25) is 12.3 Å². The summed E-state index contributed by atoms with van der Waals surface area (Å²) in [6.07, 6.45) is 6.43. The van der Waals surface area contributed by atoms with E-state index in [1.807, 2.05) is 24.3 Å². The second-order valence-electron chi connectivity index (χ2n) is 10.9. The molecule has 0 spiro atoms. The molecule has 3 aromatic carbocycles. The van der Waals surface area contributed by atoms with Crippen molar-refractivity contribution >= 4 is 48.2 Å². The maximum Gasteiger partial charge on any atom is 0.256 e. The van der Waals surface area contributed by atoms with E-state index in [0.29, 0.717) is 62.9 Å². The fourth-order valence-electron chi connectivity index (χ4n) is 5.62. The van der Waals surface area contributed by atoms with Crippen LogP contribution in [0.25, 0.3) is 10.8 Å². The Labute approximate surface area is 265 Å². The lowest BCUT2D eigenvalue weighted by Crippen LogP contribution is -2.35. The fourth-order valence-corrected chi connectivity index (χ4v) is 5.62. The monoisotopic (exact) mass is 615 g/mol. The van der Waals surface area contributed by atoms with Gasteiger partial charge in [-0.1, -0.05) is 43.1 Å². The zero-order valence-corrected chi connectivity index (χ0v) is 26.2. The molecule has 0 saturated carbocycles. The van der Waals surface area contributed by atoms with Gasteiger partial charge in [-0.05, 0) is 36.3 Å². The van der Waals surface area contributed by atoms with Crippen LogP contribution in [0.2, 0.25) is 6.32 Å². The van der Waals surface area contributed by atoms with Crippen molar-refractivity contribution in [2.75, 3.05) is 56.8 Å². The predicted molar refractivity (Wildman–Crippen MR) is 179 cm³/mol. The molecule has 0 atom stereocenters. The van der Waals surface area contributed by atoms with Crippen molar-refractivity contribution in [3.8, 4) is 17.2 Å². The number of phenols is 1. The smallest absolute Gasteiger partial charge is 0.256 e. The molecular weight excluding hydrogens is 573 g/mol. The zero-order chi connectivity index (χ0) is 32.2. The highest BCUT2D eigenvalue weighted by Gasteiger charge is 2.27. The highest BCUT2D eigenvalue weighted by atomic mass is 16.5. The summed E-state index contributed by atoms with van der Waals surface area (Å²) >= 11 is 0. The number of nitrogens with zero attached hydrogens (tertiary/aromatic N) is 2. The number of hydrogen-bond donors (Lipinski definition) is 2. The molecule has 3 amide bonds. The predicted octanol–water partition coefficient (Wildman–Crippen LogP) is 4.35. The molecule has 0 aliphatic carbocycles. The summed E-state index contributed by atoms with van der Waals surface area (Å²) in [4.78, 5) is 41.8. The molecule has 0 fully saturated rings. The zero-order valence-electron chi connectivity index (χ0n) is 26.2. The fraction of sp³-hybridized carbons (Fsp3) is 0.382. The normalized spacial score (nSPS) is 12.1. The van der Waals surface area contributed by atoms with E-state index in [2.05, 4.69) is 19.7 Å². The van der Waals surface area contributed by atoms with E-state index in [1.165, 1.54) is 7.11 Å². The van der Waals surface area contributed by atoms with Gasteiger partial charge < -0.3 is 34.4 Å².